The zero-order valence-corrected chi connectivity index (χ0v) is 18.1. The minimum absolute atomic E-state index is 0.311. The second-order valence-corrected chi connectivity index (χ2v) is 9.16. The van der Waals surface area contributed by atoms with Crippen LogP contribution in [0.2, 0.25) is 0 Å². The van der Waals surface area contributed by atoms with Crippen molar-refractivity contribution in [3.8, 4) is 16.8 Å². The van der Waals surface area contributed by atoms with Crippen LogP contribution in [0.15, 0.2) is 97.1 Å². The maximum Gasteiger partial charge on any atom is 0.242 e. The van der Waals surface area contributed by atoms with Crippen molar-refractivity contribution in [1.29, 1.82) is 0 Å². The smallest absolute Gasteiger partial charge is 0.242 e. The van der Waals surface area contributed by atoms with E-state index in [9.17, 15) is 0 Å². The molecule has 5 aromatic rings. The Balaban J connectivity index is 1.60. The van der Waals surface area contributed by atoms with E-state index in [0.717, 1.165) is 6.42 Å². The molecule has 2 heteroatoms. The van der Waals surface area contributed by atoms with Gasteiger partial charge in [-0.2, -0.15) is 0 Å². The number of para-hydroxylation sites is 1. The Hall–Kier alpha value is -3.52. The molecule has 1 nitrogen and oxygen atoms in total. The Morgan fingerprint density at radius 1 is 0.625 bits per heavy atom. The van der Waals surface area contributed by atoms with E-state index in [-0.39, 0.29) is 0 Å². The van der Waals surface area contributed by atoms with Gasteiger partial charge in [0, 0.05) is 16.8 Å². The van der Waals surface area contributed by atoms with Crippen molar-refractivity contribution in [2.24, 2.45) is 0 Å². The Labute approximate surface area is 189 Å². The third-order valence-corrected chi connectivity index (χ3v) is 7.47. The van der Waals surface area contributed by atoms with Gasteiger partial charge in [0.05, 0.1) is 5.52 Å². The van der Waals surface area contributed by atoms with E-state index in [2.05, 4.69) is 102 Å². The van der Waals surface area contributed by atoms with Crippen molar-refractivity contribution in [1.82, 2.24) is 4.57 Å². The van der Waals surface area contributed by atoms with E-state index in [1.54, 1.807) is 5.56 Å². The second-order valence-electron chi connectivity index (χ2n) is 9.16. The fraction of sp³-hybridized carbons (Fsp3) is 0.133. The third kappa shape index (κ3) is 2.47. The lowest BCUT2D eigenvalue weighted by molar-refractivity contribution is 0.667. The highest BCUT2D eigenvalue weighted by Gasteiger charge is 2.36. The van der Waals surface area contributed by atoms with E-state index in [1.165, 1.54) is 69.1 Å². The van der Waals surface area contributed by atoms with E-state index in [0.29, 0.717) is 6.71 Å². The summed E-state index contributed by atoms with van der Waals surface area (Å²) in [5.74, 6) is 0. The van der Waals surface area contributed by atoms with Crippen LogP contribution >= 0.6 is 0 Å². The maximum atomic E-state index is 2.54. The molecule has 1 aliphatic heterocycles. The Morgan fingerprint density at radius 3 is 2.19 bits per heavy atom. The van der Waals surface area contributed by atoms with Crippen molar-refractivity contribution in [2.75, 3.05) is 0 Å². The number of rotatable bonds is 2. The predicted octanol–water partition coefficient (Wildman–Crippen LogP) is 5.01. The summed E-state index contributed by atoms with van der Waals surface area (Å²) < 4.78 is 2.54. The molecule has 1 aliphatic carbocycles. The highest BCUT2D eigenvalue weighted by Crippen LogP contribution is 2.40. The molecule has 32 heavy (non-hydrogen) atoms. The topological polar surface area (TPSA) is 4.93 Å². The molecule has 0 bridgehead atoms. The van der Waals surface area contributed by atoms with Crippen LogP contribution in [0.5, 0.6) is 0 Å². The summed E-state index contributed by atoms with van der Waals surface area (Å²) in [6.45, 7) is 0.311. The number of hydrogen-bond donors (Lipinski definition) is 0. The molecule has 7 rings (SSSR count). The van der Waals surface area contributed by atoms with Crippen molar-refractivity contribution in [2.45, 2.75) is 25.7 Å². The van der Waals surface area contributed by atoms with Gasteiger partial charge in [-0.1, -0.05) is 95.3 Å². The number of aryl methyl sites for hydroxylation is 1. The largest absolute Gasteiger partial charge is 0.313 e. The fourth-order valence-corrected chi connectivity index (χ4v) is 6.20. The van der Waals surface area contributed by atoms with Gasteiger partial charge in [0.15, 0.2) is 0 Å². The molecule has 0 unspecified atom stereocenters. The van der Waals surface area contributed by atoms with Crippen LogP contribution in [0.4, 0.5) is 0 Å². The molecule has 0 saturated carbocycles. The average Bonchev–Trinajstić information content (AvgIpc) is 3.38. The normalized spacial score (nSPS) is 14.3. The molecule has 152 valence electrons. The number of benzene rings is 4. The Kier molecular flexibility index (Phi) is 3.96. The lowest BCUT2D eigenvalue weighted by Crippen LogP contribution is -2.48. The summed E-state index contributed by atoms with van der Waals surface area (Å²) >= 11 is 0. The van der Waals surface area contributed by atoms with E-state index >= 15 is 0 Å². The molecule has 0 radical (unpaired) electrons. The van der Waals surface area contributed by atoms with Gasteiger partial charge < -0.3 is 4.57 Å². The summed E-state index contributed by atoms with van der Waals surface area (Å²) in [6, 6.07) is 35.8. The van der Waals surface area contributed by atoms with Gasteiger partial charge in [-0.3, -0.25) is 0 Å². The van der Waals surface area contributed by atoms with Gasteiger partial charge in [0.2, 0.25) is 6.71 Å². The van der Waals surface area contributed by atoms with Gasteiger partial charge >= 0.3 is 0 Å². The Morgan fingerprint density at radius 2 is 1.34 bits per heavy atom. The van der Waals surface area contributed by atoms with Crippen molar-refractivity contribution < 1.29 is 0 Å². The lowest BCUT2D eigenvalue weighted by atomic mass is 9.39. The molecule has 1 aromatic heterocycles. The monoisotopic (exact) mass is 409 g/mol. The molecule has 2 heterocycles. The van der Waals surface area contributed by atoms with Crippen LogP contribution in [0.1, 0.15) is 24.1 Å². The second kappa shape index (κ2) is 7.00. The zero-order chi connectivity index (χ0) is 21.1. The van der Waals surface area contributed by atoms with E-state index in [4.69, 9.17) is 0 Å². The van der Waals surface area contributed by atoms with Gasteiger partial charge in [0.25, 0.3) is 0 Å². The highest BCUT2D eigenvalue weighted by atomic mass is 15.0. The minimum atomic E-state index is 0.311. The summed E-state index contributed by atoms with van der Waals surface area (Å²) in [4.78, 5) is 0. The summed E-state index contributed by atoms with van der Waals surface area (Å²) in [5.41, 5.74) is 12.9. The molecule has 0 atom stereocenters. The van der Waals surface area contributed by atoms with Crippen molar-refractivity contribution in [3.63, 3.8) is 0 Å². The first-order valence-electron chi connectivity index (χ1n) is 11.8. The molecule has 0 spiro atoms. The van der Waals surface area contributed by atoms with Gasteiger partial charge in [-0.05, 0) is 60.6 Å². The maximum absolute atomic E-state index is 2.54. The van der Waals surface area contributed by atoms with Crippen LogP contribution in [0.25, 0.3) is 27.7 Å². The van der Waals surface area contributed by atoms with E-state index in [1.807, 2.05) is 0 Å². The first kappa shape index (κ1) is 18.1. The van der Waals surface area contributed by atoms with Crippen LogP contribution in [0.3, 0.4) is 0 Å². The number of aromatic nitrogens is 1. The van der Waals surface area contributed by atoms with Gasteiger partial charge in [-0.25, -0.2) is 0 Å². The van der Waals surface area contributed by atoms with Crippen LogP contribution in [0, 0.1) is 0 Å². The molecule has 0 N–H and O–H groups in total. The predicted molar refractivity (Wildman–Crippen MR) is 136 cm³/mol. The number of hydrogen-bond acceptors (Lipinski definition) is 0. The minimum Gasteiger partial charge on any atom is -0.313 e. The average molecular weight is 409 g/mol. The van der Waals surface area contributed by atoms with Gasteiger partial charge in [-0.15, -0.1) is 0 Å². The molecular formula is C30H24BN. The van der Waals surface area contributed by atoms with Crippen molar-refractivity contribution >= 4 is 34.0 Å². The summed E-state index contributed by atoms with van der Waals surface area (Å²) in [6.07, 6.45) is 4.91. The van der Waals surface area contributed by atoms with Crippen molar-refractivity contribution in [3.05, 3.63) is 108 Å². The van der Waals surface area contributed by atoms with Gasteiger partial charge in [0.1, 0.15) is 0 Å². The Bertz CT molecular complexity index is 1460. The highest BCUT2D eigenvalue weighted by molar-refractivity contribution is 6.99. The molecule has 0 saturated heterocycles. The number of fused-ring (bicyclic) bond motifs is 7. The quantitative estimate of drug-likeness (QED) is 0.355. The summed E-state index contributed by atoms with van der Waals surface area (Å²) in [5, 5.41) is 1.49. The lowest BCUT2D eigenvalue weighted by Gasteiger charge is -2.16. The van der Waals surface area contributed by atoms with Crippen LogP contribution in [-0.4, -0.2) is 11.3 Å². The van der Waals surface area contributed by atoms with Crippen LogP contribution in [-0.2, 0) is 12.8 Å². The first-order valence-corrected chi connectivity index (χ1v) is 11.8. The molecule has 0 fully saturated rings. The number of nitrogens with zero attached hydrogens (tertiary/aromatic N) is 1. The zero-order valence-electron chi connectivity index (χ0n) is 18.1. The molecule has 4 aromatic carbocycles. The molecular weight excluding hydrogens is 385 g/mol. The first-order chi connectivity index (χ1) is 15.9. The SMILES string of the molecule is c1ccc(B2c3ccccc3-c3c2ccc2c3c3c(n2-c2ccccc2)CCCC3)cc1. The van der Waals surface area contributed by atoms with E-state index < -0.39 is 0 Å². The summed E-state index contributed by atoms with van der Waals surface area (Å²) in [7, 11) is 0. The standard InChI is InChI=1S/C30H24BN/c1-3-11-21(12-4-1)31-25-17-9-7-15-23(25)29-26(31)19-20-28-30(29)24-16-8-10-18-27(24)32(28)22-13-5-2-6-14-22/h1-7,9,11-15,17,19-20H,8,10,16,18H2. The molecule has 2 aliphatic rings. The third-order valence-electron chi connectivity index (χ3n) is 7.47. The van der Waals surface area contributed by atoms with Crippen LogP contribution < -0.4 is 16.4 Å². The molecule has 0 amide bonds. The fourth-order valence-electron chi connectivity index (χ4n) is 6.20.